The Morgan fingerprint density at radius 2 is 2.26 bits per heavy atom. The van der Waals surface area contributed by atoms with Crippen LogP contribution in [0.2, 0.25) is 0 Å². The normalized spacial score (nSPS) is 12.4. The number of nitrogens with two attached hydrogens (primary N) is 1. The standard InChI is InChI=1S/C12H16BrN5O/c1-8(14)5-9-3-4-11(10(13)6-9)19-7-12-15-17-18(2)16-12/h3-4,6,8H,5,7,14H2,1-2H3. The zero-order chi connectivity index (χ0) is 13.8. The molecule has 2 N–H and O–H groups in total. The molecule has 0 aliphatic heterocycles. The van der Waals surface area contributed by atoms with Gasteiger partial charge in [-0.15, -0.1) is 10.2 Å². The van der Waals surface area contributed by atoms with Crippen LogP contribution in [0.1, 0.15) is 18.3 Å². The van der Waals surface area contributed by atoms with E-state index in [9.17, 15) is 0 Å². The first-order valence-electron chi connectivity index (χ1n) is 5.94. The van der Waals surface area contributed by atoms with Crippen LogP contribution in [-0.4, -0.2) is 26.2 Å². The average molecular weight is 326 g/mol. The SMILES string of the molecule is CC(N)Cc1ccc(OCc2nnn(C)n2)c(Br)c1. The molecule has 6 nitrogen and oxygen atoms in total. The first kappa shape index (κ1) is 14.0. The maximum Gasteiger partial charge on any atom is 0.212 e. The van der Waals surface area contributed by atoms with Gasteiger partial charge in [0.1, 0.15) is 5.75 Å². The summed E-state index contributed by atoms with van der Waals surface area (Å²) in [6.45, 7) is 2.27. The highest BCUT2D eigenvalue weighted by atomic mass is 79.9. The van der Waals surface area contributed by atoms with Crippen LogP contribution in [0, 0.1) is 0 Å². The molecule has 0 saturated carbocycles. The van der Waals surface area contributed by atoms with Gasteiger partial charge in [0.05, 0.1) is 11.5 Å². The summed E-state index contributed by atoms with van der Waals surface area (Å²) >= 11 is 3.49. The van der Waals surface area contributed by atoms with E-state index in [1.54, 1.807) is 7.05 Å². The van der Waals surface area contributed by atoms with Crippen LogP contribution in [0.15, 0.2) is 22.7 Å². The van der Waals surface area contributed by atoms with Crippen LogP contribution >= 0.6 is 15.9 Å². The second-order valence-corrected chi connectivity index (χ2v) is 5.28. The minimum atomic E-state index is 0.141. The Morgan fingerprint density at radius 1 is 1.47 bits per heavy atom. The molecule has 0 radical (unpaired) electrons. The van der Waals surface area contributed by atoms with E-state index in [1.165, 1.54) is 10.4 Å². The molecule has 2 aromatic rings. The Hall–Kier alpha value is -1.47. The van der Waals surface area contributed by atoms with E-state index < -0.39 is 0 Å². The van der Waals surface area contributed by atoms with Gasteiger partial charge in [0, 0.05) is 6.04 Å². The van der Waals surface area contributed by atoms with Crippen molar-refractivity contribution in [3.63, 3.8) is 0 Å². The summed E-state index contributed by atoms with van der Waals surface area (Å²) in [4.78, 5) is 1.40. The molecule has 0 aliphatic carbocycles. The predicted molar refractivity (Wildman–Crippen MR) is 74.6 cm³/mol. The second-order valence-electron chi connectivity index (χ2n) is 4.43. The van der Waals surface area contributed by atoms with Crippen LogP contribution in [0.4, 0.5) is 0 Å². The lowest BCUT2D eigenvalue weighted by atomic mass is 10.1. The van der Waals surface area contributed by atoms with E-state index in [-0.39, 0.29) is 6.04 Å². The lowest BCUT2D eigenvalue weighted by Crippen LogP contribution is -2.17. The maximum atomic E-state index is 5.78. The summed E-state index contributed by atoms with van der Waals surface area (Å²) in [5.41, 5.74) is 6.95. The van der Waals surface area contributed by atoms with Crippen molar-refractivity contribution in [1.82, 2.24) is 20.2 Å². The zero-order valence-corrected chi connectivity index (χ0v) is 12.5. The fourth-order valence-corrected chi connectivity index (χ4v) is 2.22. The van der Waals surface area contributed by atoms with Crippen molar-refractivity contribution >= 4 is 15.9 Å². The second kappa shape index (κ2) is 6.12. The number of aromatic nitrogens is 4. The van der Waals surface area contributed by atoms with Gasteiger partial charge in [-0.1, -0.05) is 6.07 Å². The van der Waals surface area contributed by atoms with Crippen molar-refractivity contribution in [1.29, 1.82) is 0 Å². The van der Waals surface area contributed by atoms with Gasteiger partial charge in [0.2, 0.25) is 5.82 Å². The van der Waals surface area contributed by atoms with Crippen LogP contribution in [0.5, 0.6) is 5.75 Å². The lowest BCUT2D eigenvalue weighted by molar-refractivity contribution is 0.293. The maximum absolute atomic E-state index is 5.78. The number of benzene rings is 1. The van der Waals surface area contributed by atoms with Crippen molar-refractivity contribution in [2.24, 2.45) is 12.8 Å². The number of tetrazole rings is 1. The van der Waals surface area contributed by atoms with E-state index in [2.05, 4.69) is 31.3 Å². The lowest BCUT2D eigenvalue weighted by Gasteiger charge is -2.09. The number of ether oxygens (including phenoxy) is 1. The molecule has 1 unspecified atom stereocenters. The van der Waals surface area contributed by atoms with Crippen molar-refractivity contribution in [2.75, 3.05) is 0 Å². The van der Waals surface area contributed by atoms with Crippen molar-refractivity contribution < 1.29 is 4.74 Å². The minimum absolute atomic E-state index is 0.141. The number of rotatable bonds is 5. The Bertz CT molecular complexity index is 555. The molecule has 0 aliphatic rings. The fraction of sp³-hybridized carbons (Fsp3) is 0.417. The minimum Gasteiger partial charge on any atom is -0.484 e. The summed E-state index contributed by atoms with van der Waals surface area (Å²) in [5.74, 6) is 1.30. The van der Waals surface area contributed by atoms with Crippen LogP contribution in [0.25, 0.3) is 0 Å². The van der Waals surface area contributed by atoms with Gasteiger partial charge in [0.25, 0.3) is 0 Å². The third-order valence-electron chi connectivity index (χ3n) is 2.46. The Morgan fingerprint density at radius 3 is 2.84 bits per heavy atom. The van der Waals surface area contributed by atoms with Gasteiger partial charge in [-0.2, -0.15) is 4.80 Å². The van der Waals surface area contributed by atoms with E-state index in [4.69, 9.17) is 10.5 Å². The molecular formula is C12H16BrN5O. The van der Waals surface area contributed by atoms with Gasteiger partial charge < -0.3 is 10.5 Å². The number of hydrogen-bond acceptors (Lipinski definition) is 5. The van der Waals surface area contributed by atoms with Gasteiger partial charge in [-0.25, -0.2) is 0 Å². The van der Waals surface area contributed by atoms with E-state index in [0.29, 0.717) is 12.4 Å². The molecule has 7 heteroatoms. The van der Waals surface area contributed by atoms with Crippen molar-refractivity contribution in [2.45, 2.75) is 26.0 Å². The summed E-state index contributed by atoms with van der Waals surface area (Å²) in [6, 6.07) is 6.08. The first-order valence-corrected chi connectivity index (χ1v) is 6.73. The number of aryl methyl sites for hydroxylation is 1. The topological polar surface area (TPSA) is 78.9 Å². The summed E-state index contributed by atoms with van der Waals surface area (Å²) < 4.78 is 6.54. The number of hydrogen-bond donors (Lipinski definition) is 1. The van der Waals surface area contributed by atoms with Gasteiger partial charge in [-0.3, -0.25) is 0 Å². The quantitative estimate of drug-likeness (QED) is 0.899. The van der Waals surface area contributed by atoms with Crippen molar-refractivity contribution in [3.8, 4) is 5.75 Å². The molecule has 1 aromatic heterocycles. The molecule has 1 aromatic carbocycles. The fourth-order valence-electron chi connectivity index (χ4n) is 1.68. The zero-order valence-electron chi connectivity index (χ0n) is 10.9. The largest absolute Gasteiger partial charge is 0.484 e. The number of nitrogens with zero attached hydrogens (tertiary/aromatic N) is 4. The summed E-state index contributed by atoms with van der Waals surface area (Å²) in [7, 11) is 1.72. The third-order valence-corrected chi connectivity index (χ3v) is 3.08. The van der Waals surface area contributed by atoms with E-state index >= 15 is 0 Å². The highest BCUT2D eigenvalue weighted by Crippen LogP contribution is 2.26. The van der Waals surface area contributed by atoms with Gasteiger partial charge >= 0.3 is 0 Å². The average Bonchev–Trinajstić information content (AvgIpc) is 2.73. The monoisotopic (exact) mass is 325 g/mol. The van der Waals surface area contributed by atoms with Gasteiger partial charge in [-0.05, 0) is 52.2 Å². The molecule has 102 valence electrons. The molecular weight excluding hydrogens is 310 g/mol. The van der Waals surface area contributed by atoms with Gasteiger partial charge in [0.15, 0.2) is 6.61 Å². The van der Waals surface area contributed by atoms with E-state index in [1.807, 2.05) is 25.1 Å². The molecule has 0 fully saturated rings. The molecule has 2 rings (SSSR count). The van der Waals surface area contributed by atoms with Crippen LogP contribution < -0.4 is 10.5 Å². The van der Waals surface area contributed by atoms with Crippen LogP contribution in [0.3, 0.4) is 0 Å². The van der Waals surface area contributed by atoms with Crippen LogP contribution in [-0.2, 0) is 20.1 Å². The smallest absolute Gasteiger partial charge is 0.212 e. The summed E-state index contributed by atoms with van der Waals surface area (Å²) in [5, 5.41) is 11.7. The predicted octanol–water partition coefficient (Wildman–Crippen LogP) is 1.44. The Balaban J connectivity index is 2.00. The molecule has 0 amide bonds. The molecule has 0 bridgehead atoms. The molecule has 1 heterocycles. The first-order chi connectivity index (χ1) is 9.04. The Kier molecular flexibility index (Phi) is 4.49. The molecule has 19 heavy (non-hydrogen) atoms. The summed E-state index contributed by atoms with van der Waals surface area (Å²) in [6.07, 6.45) is 0.838. The van der Waals surface area contributed by atoms with Crippen molar-refractivity contribution in [3.05, 3.63) is 34.1 Å². The third kappa shape index (κ3) is 4.00. The highest BCUT2D eigenvalue weighted by Gasteiger charge is 2.07. The molecule has 1 atom stereocenters. The highest BCUT2D eigenvalue weighted by molar-refractivity contribution is 9.10. The van der Waals surface area contributed by atoms with E-state index in [0.717, 1.165) is 16.6 Å². The molecule has 0 saturated heterocycles. The Labute approximate surface area is 120 Å². The molecule has 0 spiro atoms. The number of halogens is 1.